The summed E-state index contributed by atoms with van der Waals surface area (Å²) in [6.07, 6.45) is 3.20. The van der Waals surface area contributed by atoms with Crippen molar-refractivity contribution < 1.29 is 23.5 Å². The van der Waals surface area contributed by atoms with Crippen molar-refractivity contribution in [2.24, 2.45) is 0 Å². The fourth-order valence-corrected chi connectivity index (χ4v) is 3.54. The molecule has 0 saturated heterocycles. The van der Waals surface area contributed by atoms with Crippen molar-refractivity contribution >= 4 is 33.5 Å². The van der Waals surface area contributed by atoms with E-state index in [1.54, 1.807) is 35.1 Å². The van der Waals surface area contributed by atoms with Crippen molar-refractivity contribution in [2.75, 3.05) is 12.4 Å². The van der Waals surface area contributed by atoms with Crippen LogP contribution in [0.3, 0.4) is 0 Å². The third kappa shape index (κ3) is 5.50. The molecule has 2 aromatic carbocycles. The number of amides is 1. The Morgan fingerprint density at radius 2 is 1.88 bits per heavy atom. The Morgan fingerprint density at radius 1 is 1.09 bits per heavy atom. The monoisotopic (exact) mass is 509 g/mol. The number of hydrogen-bond donors (Lipinski definition) is 1. The molecular weight excluding hydrogens is 490 g/mol. The maximum atomic E-state index is 12.6. The molecular formula is C24H20BrN3O5. The largest absolute Gasteiger partial charge is 0.484 e. The Balaban J connectivity index is 1.37. The predicted octanol–water partition coefficient (Wildman–Crippen LogP) is 4.90. The molecule has 9 heteroatoms. The molecule has 4 aromatic rings. The van der Waals surface area contributed by atoms with Crippen molar-refractivity contribution in [3.8, 4) is 5.75 Å². The second kappa shape index (κ2) is 10.2. The number of esters is 1. The number of carbonyl (C=O) groups excluding carboxylic acids is 2. The Labute approximate surface area is 198 Å². The zero-order valence-electron chi connectivity index (χ0n) is 17.7. The number of benzene rings is 2. The van der Waals surface area contributed by atoms with Crippen LogP contribution in [0.5, 0.6) is 5.75 Å². The minimum atomic E-state index is -0.413. The van der Waals surface area contributed by atoms with E-state index in [1.807, 2.05) is 36.4 Å². The summed E-state index contributed by atoms with van der Waals surface area (Å²) in [7, 11) is 1.34. The number of carbonyl (C=O) groups is 2. The summed E-state index contributed by atoms with van der Waals surface area (Å²) in [5.74, 6) is 0.539. The third-order valence-electron chi connectivity index (χ3n) is 4.74. The van der Waals surface area contributed by atoms with Crippen LogP contribution < -0.4 is 10.1 Å². The third-order valence-corrected chi connectivity index (χ3v) is 5.39. The van der Waals surface area contributed by atoms with Gasteiger partial charge in [-0.15, -0.1) is 0 Å². The molecule has 0 aliphatic rings. The fraction of sp³-hybridized carbons (Fsp3) is 0.125. The molecule has 0 unspecified atom stereocenters. The molecule has 4 rings (SSSR count). The first kappa shape index (κ1) is 22.3. The molecule has 0 fully saturated rings. The molecule has 0 aliphatic carbocycles. The minimum Gasteiger partial charge on any atom is -0.484 e. The molecule has 168 valence electrons. The molecule has 2 aromatic heterocycles. The number of aromatic nitrogens is 2. The van der Waals surface area contributed by atoms with Gasteiger partial charge in [-0.25, -0.2) is 4.79 Å². The summed E-state index contributed by atoms with van der Waals surface area (Å²) < 4.78 is 18.6. The van der Waals surface area contributed by atoms with E-state index < -0.39 is 11.9 Å². The molecule has 8 nitrogen and oxygen atoms in total. The number of furan rings is 1. The topological polar surface area (TPSA) is 95.6 Å². The Kier molecular flexibility index (Phi) is 6.89. The molecule has 0 atom stereocenters. The summed E-state index contributed by atoms with van der Waals surface area (Å²) in [4.78, 5) is 24.5. The van der Waals surface area contributed by atoms with Gasteiger partial charge in [0.1, 0.15) is 18.1 Å². The number of para-hydroxylation sites is 1. The fourth-order valence-electron chi connectivity index (χ4n) is 3.14. The van der Waals surface area contributed by atoms with Crippen LogP contribution in [0.4, 0.5) is 5.69 Å². The number of hydrogen-bond acceptors (Lipinski definition) is 6. The summed E-state index contributed by atoms with van der Waals surface area (Å²) in [5.41, 5.74) is 1.72. The van der Waals surface area contributed by atoms with Crippen molar-refractivity contribution in [1.82, 2.24) is 9.78 Å². The van der Waals surface area contributed by atoms with E-state index in [1.165, 1.54) is 13.3 Å². The van der Waals surface area contributed by atoms with Gasteiger partial charge in [0, 0.05) is 6.20 Å². The molecule has 1 amide bonds. The summed E-state index contributed by atoms with van der Waals surface area (Å²) in [6, 6.07) is 17.9. The molecule has 0 bridgehead atoms. The summed E-state index contributed by atoms with van der Waals surface area (Å²) in [6.45, 7) is 0.534. The van der Waals surface area contributed by atoms with Crippen LogP contribution in [-0.4, -0.2) is 28.8 Å². The molecule has 0 radical (unpaired) electrons. The average Bonchev–Trinajstić information content (AvgIpc) is 3.48. The van der Waals surface area contributed by atoms with Crippen LogP contribution >= 0.6 is 15.9 Å². The van der Waals surface area contributed by atoms with Crippen LogP contribution in [0.25, 0.3) is 0 Å². The van der Waals surface area contributed by atoms with Gasteiger partial charge in [-0.3, -0.25) is 9.48 Å². The molecule has 33 heavy (non-hydrogen) atoms. The smallest absolute Gasteiger partial charge is 0.338 e. The quantitative estimate of drug-likeness (QED) is 0.339. The van der Waals surface area contributed by atoms with E-state index in [4.69, 9.17) is 13.9 Å². The van der Waals surface area contributed by atoms with Crippen LogP contribution in [0.1, 0.15) is 32.2 Å². The lowest BCUT2D eigenvalue weighted by atomic mass is 10.1. The lowest BCUT2D eigenvalue weighted by Gasteiger charge is -2.07. The van der Waals surface area contributed by atoms with E-state index in [9.17, 15) is 9.59 Å². The minimum absolute atomic E-state index is 0.157. The van der Waals surface area contributed by atoms with E-state index in [0.29, 0.717) is 29.3 Å². The number of anilines is 1. The SMILES string of the molecule is COC(=O)c1ccccc1Cn1cc(NC(=O)c2ccc(COc3ccccc3Br)o2)cn1. The van der Waals surface area contributed by atoms with Gasteiger partial charge < -0.3 is 19.2 Å². The van der Waals surface area contributed by atoms with Crippen LogP contribution in [0.2, 0.25) is 0 Å². The van der Waals surface area contributed by atoms with Crippen LogP contribution in [0, 0.1) is 0 Å². The van der Waals surface area contributed by atoms with Gasteiger partial charge in [0.25, 0.3) is 5.91 Å². The number of rotatable bonds is 8. The molecule has 2 heterocycles. The second-order valence-corrected chi connectivity index (χ2v) is 7.87. The lowest BCUT2D eigenvalue weighted by Crippen LogP contribution is -2.11. The number of nitrogens with one attached hydrogen (secondary N) is 1. The van der Waals surface area contributed by atoms with Crippen molar-refractivity contribution in [3.63, 3.8) is 0 Å². The number of halogens is 1. The van der Waals surface area contributed by atoms with Gasteiger partial charge in [0.15, 0.2) is 5.76 Å². The van der Waals surface area contributed by atoms with Gasteiger partial charge >= 0.3 is 5.97 Å². The highest BCUT2D eigenvalue weighted by atomic mass is 79.9. The van der Waals surface area contributed by atoms with E-state index in [-0.39, 0.29) is 12.4 Å². The van der Waals surface area contributed by atoms with E-state index >= 15 is 0 Å². The molecule has 0 saturated carbocycles. The molecule has 1 N–H and O–H groups in total. The Morgan fingerprint density at radius 3 is 2.70 bits per heavy atom. The van der Waals surface area contributed by atoms with E-state index in [0.717, 1.165) is 10.0 Å². The first-order valence-corrected chi connectivity index (χ1v) is 10.8. The van der Waals surface area contributed by atoms with Crippen LogP contribution in [-0.2, 0) is 17.9 Å². The van der Waals surface area contributed by atoms with Gasteiger partial charge in [0.2, 0.25) is 0 Å². The maximum absolute atomic E-state index is 12.6. The van der Waals surface area contributed by atoms with Crippen molar-refractivity contribution in [1.29, 1.82) is 0 Å². The van der Waals surface area contributed by atoms with Crippen molar-refractivity contribution in [3.05, 3.63) is 100 Å². The Bertz CT molecular complexity index is 1280. The predicted molar refractivity (Wildman–Crippen MR) is 124 cm³/mol. The average molecular weight is 510 g/mol. The number of nitrogens with zero attached hydrogens (tertiary/aromatic N) is 2. The summed E-state index contributed by atoms with van der Waals surface area (Å²) >= 11 is 3.42. The highest BCUT2D eigenvalue weighted by Crippen LogP contribution is 2.25. The first-order chi connectivity index (χ1) is 16.0. The number of ether oxygens (including phenoxy) is 2. The zero-order chi connectivity index (χ0) is 23.2. The van der Waals surface area contributed by atoms with Crippen LogP contribution in [0.15, 0.2) is 81.9 Å². The standard InChI is InChI=1S/C24H20BrN3O5/c1-31-24(30)19-7-3-2-6-16(19)13-28-14-17(12-26-28)27-23(29)22-11-10-18(33-22)15-32-21-9-5-4-8-20(21)25/h2-12,14H,13,15H2,1H3,(H,27,29). The van der Waals surface area contributed by atoms with Gasteiger partial charge in [0.05, 0.1) is 35.6 Å². The van der Waals surface area contributed by atoms with E-state index in [2.05, 4.69) is 26.3 Å². The molecule has 0 spiro atoms. The highest BCUT2D eigenvalue weighted by molar-refractivity contribution is 9.10. The maximum Gasteiger partial charge on any atom is 0.338 e. The number of methoxy groups -OCH3 is 1. The van der Waals surface area contributed by atoms with Gasteiger partial charge in [-0.2, -0.15) is 5.10 Å². The molecule has 0 aliphatic heterocycles. The first-order valence-electron chi connectivity index (χ1n) is 9.99. The summed E-state index contributed by atoms with van der Waals surface area (Å²) in [5, 5.41) is 7.01. The van der Waals surface area contributed by atoms with Crippen molar-refractivity contribution in [2.45, 2.75) is 13.2 Å². The Hall–Kier alpha value is -3.85. The lowest BCUT2D eigenvalue weighted by molar-refractivity contribution is 0.0599. The zero-order valence-corrected chi connectivity index (χ0v) is 19.2. The normalized spacial score (nSPS) is 10.6. The highest BCUT2D eigenvalue weighted by Gasteiger charge is 2.15. The second-order valence-electron chi connectivity index (χ2n) is 7.01. The van der Waals surface area contributed by atoms with Gasteiger partial charge in [-0.05, 0) is 51.8 Å². The van der Waals surface area contributed by atoms with Gasteiger partial charge in [-0.1, -0.05) is 30.3 Å².